The number of aromatic nitrogens is 1. The van der Waals surface area contributed by atoms with Crippen LogP contribution in [0.15, 0.2) is 12.1 Å². The van der Waals surface area contributed by atoms with E-state index in [1.807, 2.05) is 18.9 Å². The molecule has 1 heterocycles. The number of nitrogens with one attached hydrogen (secondary N) is 1. The number of hydrogen-bond acceptors (Lipinski definition) is 4. The highest BCUT2D eigenvalue weighted by Crippen LogP contribution is 2.25. The van der Waals surface area contributed by atoms with Crippen LogP contribution in [0.5, 0.6) is 0 Å². The van der Waals surface area contributed by atoms with Crippen molar-refractivity contribution in [1.82, 2.24) is 9.88 Å². The van der Waals surface area contributed by atoms with Gasteiger partial charge in [-0.3, -0.25) is 4.79 Å². The zero-order valence-electron chi connectivity index (χ0n) is 11.6. The second kappa shape index (κ2) is 6.02. The van der Waals surface area contributed by atoms with E-state index in [2.05, 4.69) is 10.4 Å². The molecule has 1 amide bonds. The molecule has 1 aromatic heterocycles. The smallest absolute Gasteiger partial charge is 0.253 e. The fourth-order valence-electron chi connectivity index (χ4n) is 2.75. The maximum Gasteiger partial charge on any atom is 0.253 e. The number of nitrogens with zero attached hydrogens (tertiary/aromatic N) is 2. The number of hydrogen-bond donors (Lipinski definition) is 2. The summed E-state index contributed by atoms with van der Waals surface area (Å²) in [6.07, 6.45) is 5.07. The lowest BCUT2D eigenvalue weighted by molar-refractivity contribution is 0.0773. The Bertz CT molecular complexity index is 455. The van der Waals surface area contributed by atoms with Crippen molar-refractivity contribution in [1.29, 1.82) is 0 Å². The minimum atomic E-state index is 0.0360. The molecule has 0 aromatic carbocycles. The Morgan fingerprint density at radius 3 is 2.79 bits per heavy atom. The molecule has 1 aromatic rings. The van der Waals surface area contributed by atoms with E-state index in [9.17, 15) is 4.79 Å². The number of nitrogens with two attached hydrogens (primary N) is 1. The highest BCUT2D eigenvalue weighted by Gasteiger charge is 2.20. The molecule has 1 aliphatic rings. The number of anilines is 1. The second-order valence-corrected chi connectivity index (χ2v) is 5.36. The molecule has 1 fully saturated rings. The molecule has 0 bridgehead atoms. The van der Waals surface area contributed by atoms with Crippen LogP contribution in [0.2, 0.25) is 0 Å². The molecule has 5 nitrogen and oxygen atoms in total. The maximum absolute atomic E-state index is 12.4. The number of pyridine rings is 1. The van der Waals surface area contributed by atoms with Crippen LogP contribution in [-0.2, 0) is 0 Å². The van der Waals surface area contributed by atoms with E-state index in [-0.39, 0.29) is 5.91 Å². The summed E-state index contributed by atoms with van der Waals surface area (Å²) >= 11 is 0. The Kier molecular flexibility index (Phi) is 4.37. The van der Waals surface area contributed by atoms with Gasteiger partial charge in [0.2, 0.25) is 0 Å². The highest BCUT2D eigenvalue weighted by molar-refractivity contribution is 5.94. The van der Waals surface area contributed by atoms with Crippen LogP contribution in [0.25, 0.3) is 0 Å². The Morgan fingerprint density at radius 1 is 1.47 bits per heavy atom. The standard InChI is InChI=1S/C14H22N4O/c1-10-7-12(8-13(16-10)17-15)14(19)18(2)9-11-5-3-4-6-11/h7-8,11H,3-6,9,15H2,1-2H3,(H,16,17). The van der Waals surface area contributed by atoms with Crippen molar-refractivity contribution in [2.75, 3.05) is 19.0 Å². The third-order valence-electron chi connectivity index (χ3n) is 3.70. The van der Waals surface area contributed by atoms with Crippen LogP contribution in [0.1, 0.15) is 41.7 Å². The SMILES string of the molecule is Cc1cc(C(=O)N(C)CC2CCCC2)cc(NN)n1. The van der Waals surface area contributed by atoms with Crippen molar-refractivity contribution < 1.29 is 4.79 Å². The normalized spacial score (nSPS) is 15.5. The number of rotatable bonds is 4. The first-order valence-corrected chi connectivity index (χ1v) is 6.81. The zero-order valence-corrected chi connectivity index (χ0v) is 11.6. The molecule has 104 valence electrons. The van der Waals surface area contributed by atoms with Crippen molar-refractivity contribution in [3.8, 4) is 0 Å². The Hall–Kier alpha value is -1.62. The summed E-state index contributed by atoms with van der Waals surface area (Å²) in [6.45, 7) is 2.69. The van der Waals surface area contributed by atoms with Gasteiger partial charge in [0.25, 0.3) is 5.91 Å². The summed E-state index contributed by atoms with van der Waals surface area (Å²) in [5, 5.41) is 0. The van der Waals surface area contributed by atoms with Crippen LogP contribution >= 0.6 is 0 Å². The molecular formula is C14H22N4O. The Morgan fingerprint density at radius 2 is 2.16 bits per heavy atom. The molecule has 0 atom stereocenters. The van der Waals surface area contributed by atoms with E-state index in [0.717, 1.165) is 12.2 Å². The molecule has 1 saturated carbocycles. The van der Waals surface area contributed by atoms with Gasteiger partial charge in [0.05, 0.1) is 0 Å². The summed E-state index contributed by atoms with van der Waals surface area (Å²) in [7, 11) is 1.87. The Labute approximate surface area is 114 Å². The van der Waals surface area contributed by atoms with Crippen LogP contribution in [0, 0.1) is 12.8 Å². The predicted octanol–water partition coefficient (Wildman–Crippen LogP) is 1.94. The average Bonchev–Trinajstić information content (AvgIpc) is 2.89. The molecule has 0 saturated heterocycles. The third-order valence-corrected chi connectivity index (χ3v) is 3.70. The van der Waals surface area contributed by atoms with E-state index in [4.69, 9.17) is 5.84 Å². The lowest BCUT2D eigenvalue weighted by Crippen LogP contribution is -2.31. The van der Waals surface area contributed by atoms with Crippen LogP contribution in [0.3, 0.4) is 0 Å². The topological polar surface area (TPSA) is 71.2 Å². The fraction of sp³-hybridized carbons (Fsp3) is 0.571. The molecule has 19 heavy (non-hydrogen) atoms. The van der Waals surface area contributed by atoms with Crippen molar-refractivity contribution >= 4 is 11.7 Å². The largest absolute Gasteiger partial charge is 0.341 e. The number of carbonyl (C=O) groups is 1. The van der Waals surface area contributed by atoms with Gasteiger partial charge in [-0.05, 0) is 37.8 Å². The lowest BCUT2D eigenvalue weighted by Gasteiger charge is -2.21. The van der Waals surface area contributed by atoms with Gasteiger partial charge in [-0.2, -0.15) is 0 Å². The number of aryl methyl sites for hydroxylation is 1. The molecule has 5 heteroatoms. The third kappa shape index (κ3) is 3.44. The quantitative estimate of drug-likeness (QED) is 0.642. The van der Waals surface area contributed by atoms with E-state index in [0.29, 0.717) is 17.3 Å². The minimum Gasteiger partial charge on any atom is -0.341 e. The molecule has 0 aliphatic heterocycles. The van der Waals surface area contributed by atoms with Crippen molar-refractivity contribution in [2.45, 2.75) is 32.6 Å². The number of carbonyl (C=O) groups excluding carboxylic acids is 1. The zero-order chi connectivity index (χ0) is 13.8. The molecule has 1 aliphatic carbocycles. The molecule has 2 rings (SSSR count). The van der Waals surface area contributed by atoms with Gasteiger partial charge in [-0.15, -0.1) is 0 Å². The average molecular weight is 262 g/mol. The maximum atomic E-state index is 12.4. The van der Waals surface area contributed by atoms with Crippen LogP contribution in [-0.4, -0.2) is 29.4 Å². The first-order chi connectivity index (χ1) is 9.10. The summed E-state index contributed by atoms with van der Waals surface area (Å²) in [5.41, 5.74) is 3.92. The van der Waals surface area contributed by atoms with E-state index >= 15 is 0 Å². The number of amides is 1. The summed E-state index contributed by atoms with van der Waals surface area (Å²) in [5.74, 6) is 6.58. The van der Waals surface area contributed by atoms with Crippen LogP contribution in [0.4, 0.5) is 5.82 Å². The van der Waals surface area contributed by atoms with Crippen molar-refractivity contribution in [3.63, 3.8) is 0 Å². The van der Waals surface area contributed by atoms with Gasteiger partial charge in [-0.25, -0.2) is 10.8 Å². The monoisotopic (exact) mass is 262 g/mol. The Balaban J connectivity index is 2.07. The highest BCUT2D eigenvalue weighted by atomic mass is 16.2. The molecule has 0 unspecified atom stereocenters. The summed E-state index contributed by atoms with van der Waals surface area (Å²) in [4.78, 5) is 18.4. The summed E-state index contributed by atoms with van der Waals surface area (Å²) < 4.78 is 0. The van der Waals surface area contributed by atoms with Gasteiger partial charge in [0.15, 0.2) is 0 Å². The minimum absolute atomic E-state index is 0.0360. The molecule has 0 radical (unpaired) electrons. The molecule has 3 N–H and O–H groups in total. The van der Waals surface area contributed by atoms with Gasteiger partial charge < -0.3 is 10.3 Å². The van der Waals surface area contributed by atoms with E-state index in [1.54, 1.807) is 12.1 Å². The first kappa shape index (κ1) is 13.8. The van der Waals surface area contributed by atoms with E-state index < -0.39 is 0 Å². The molecular weight excluding hydrogens is 240 g/mol. The van der Waals surface area contributed by atoms with Gasteiger partial charge in [-0.1, -0.05) is 12.8 Å². The van der Waals surface area contributed by atoms with Gasteiger partial charge in [0, 0.05) is 24.8 Å². The number of nitrogen functional groups attached to an aromatic ring is 1. The lowest BCUT2D eigenvalue weighted by atomic mass is 10.1. The second-order valence-electron chi connectivity index (χ2n) is 5.36. The summed E-state index contributed by atoms with van der Waals surface area (Å²) in [6, 6.07) is 3.49. The van der Waals surface area contributed by atoms with Gasteiger partial charge >= 0.3 is 0 Å². The number of hydrazine groups is 1. The van der Waals surface area contributed by atoms with E-state index in [1.165, 1.54) is 25.7 Å². The first-order valence-electron chi connectivity index (χ1n) is 6.81. The predicted molar refractivity (Wildman–Crippen MR) is 75.7 cm³/mol. The van der Waals surface area contributed by atoms with Crippen molar-refractivity contribution in [2.24, 2.45) is 11.8 Å². The van der Waals surface area contributed by atoms with Crippen molar-refractivity contribution in [3.05, 3.63) is 23.4 Å². The fourth-order valence-corrected chi connectivity index (χ4v) is 2.75. The molecule has 0 spiro atoms. The van der Waals surface area contributed by atoms with Crippen LogP contribution < -0.4 is 11.3 Å². The van der Waals surface area contributed by atoms with Gasteiger partial charge in [0.1, 0.15) is 5.82 Å².